The number of methoxy groups -OCH3 is 2. The molecule has 1 aromatic heterocycles. The van der Waals surface area contributed by atoms with Gasteiger partial charge in [0.25, 0.3) is 0 Å². The number of ether oxygens (including phenoxy) is 2. The highest BCUT2D eigenvalue weighted by Crippen LogP contribution is 2.46. The van der Waals surface area contributed by atoms with Gasteiger partial charge in [-0.2, -0.15) is 5.26 Å². The van der Waals surface area contributed by atoms with Gasteiger partial charge in [0.15, 0.2) is 11.5 Å². The van der Waals surface area contributed by atoms with Crippen LogP contribution < -0.4 is 9.47 Å². The quantitative estimate of drug-likeness (QED) is 0.745. The Morgan fingerprint density at radius 3 is 2.83 bits per heavy atom. The highest BCUT2D eigenvalue weighted by Gasteiger charge is 2.39. The van der Waals surface area contributed by atoms with Gasteiger partial charge in [0.1, 0.15) is 5.76 Å². The van der Waals surface area contributed by atoms with Gasteiger partial charge in [-0.1, -0.05) is 23.9 Å². The van der Waals surface area contributed by atoms with Gasteiger partial charge < -0.3 is 13.9 Å². The molecule has 29 heavy (non-hydrogen) atoms. The fraction of sp³-hybridized carbons (Fsp3) is 0.333. The fourth-order valence-corrected chi connectivity index (χ4v) is 4.92. The molecule has 7 nitrogen and oxygen atoms in total. The van der Waals surface area contributed by atoms with Gasteiger partial charge >= 0.3 is 0 Å². The summed E-state index contributed by atoms with van der Waals surface area (Å²) >= 11 is 1.51. The Balaban J connectivity index is 1.66. The van der Waals surface area contributed by atoms with Crippen LogP contribution in [0, 0.1) is 11.3 Å². The number of allylic oxidation sites excluding steroid dienone is 1. The minimum Gasteiger partial charge on any atom is -0.493 e. The molecular formula is C21H21N3O4S. The van der Waals surface area contributed by atoms with Gasteiger partial charge in [-0.15, -0.1) is 0 Å². The van der Waals surface area contributed by atoms with Crippen molar-refractivity contribution in [3.05, 3.63) is 58.5 Å². The number of carbonyl (C=O) groups excluding carboxylic acids is 1. The van der Waals surface area contributed by atoms with Crippen LogP contribution >= 0.6 is 11.8 Å². The first-order valence-electron chi connectivity index (χ1n) is 9.19. The molecule has 0 unspecified atom stereocenters. The first-order chi connectivity index (χ1) is 14.2. The van der Waals surface area contributed by atoms with Crippen molar-refractivity contribution in [2.75, 3.05) is 26.8 Å². The predicted molar refractivity (Wildman–Crippen MR) is 108 cm³/mol. The minimum absolute atomic E-state index is 0.00878. The molecule has 8 heteroatoms. The Kier molecular flexibility index (Phi) is 5.51. The van der Waals surface area contributed by atoms with Gasteiger partial charge in [0, 0.05) is 17.9 Å². The largest absolute Gasteiger partial charge is 0.493 e. The van der Waals surface area contributed by atoms with E-state index in [-0.39, 0.29) is 18.2 Å². The normalized spacial score (nSPS) is 19.7. The summed E-state index contributed by atoms with van der Waals surface area (Å²) in [5.74, 6) is 2.31. The molecule has 150 valence electrons. The zero-order valence-electron chi connectivity index (χ0n) is 16.3. The van der Waals surface area contributed by atoms with Crippen LogP contribution in [0.1, 0.15) is 23.7 Å². The maximum absolute atomic E-state index is 13.0. The number of amides is 1. The molecule has 1 aromatic carbocycles. The van der Waals surface area contributed by atoms with Crippen molar-refractivity contribution < 1.29 is 18.7 Å². The van der Waals surface area contributed by atoms with Gasteiger partial charge in [-0.3, -0.25) is 14.6 Å². The van der Waals surface area contributed by atoms with Crippen LogP contribution in [-0.4, -0.2) is 42.5 Å². The Morgan fingerprint density at radius 2 is 2.14 bits per heavy atom. The average molecular weight is 411 g/mol. The molecule has 1 fully saturated rings. The predicted octanol–water partition coefficient (Wildman–Crippen LogP) is 3.51. The molecule has 2 aliphatic rings. The van der Waals surface area contributed by atoms with Crippen LogP contribution in [0.5, 0.6) is 11.5 Å². The summed E-state index contributed by atoms with van der Waals surface area (Å²) in [6.07, 6.45) is 1.86. The third-order valence-electron chi connectivity index (χ3n) is 5.12. The molecule has 0 aliphatic carbocycles. The number of carbonyl (C=O) groups is 1. The smallest absolute Gasteiger partial charge is 0.229 e. The number of nitriles is 1. The van der Waals surface area contributed by atoms with E-state index < -0.39 is 0 Å². The Hall–Kier alpha value is -2.89. The van der Waals surface area contributed by atoms with Crippen LogP contribution in [0.15, 0.2) is 51.6 Å². The number of benzene rings is 1. The highest BCUT2D eigenvalue weighted by molar-refractivity contribution is 8.03. The molecule has 3 heterocycles. The second-order valence-electron chi connectivity index (χ2n) is 6.82. The van der Waals surface area contributed by atoms with Crippen molar-refractivity contribution in [1.82, 2.24) is 9.80 Å². The standard InChI is InChI=1S/C21H21N3O4S/c1-26-18-7-3-6-15(20(18)27-2)16-9-19(25)24-12-23(11-14-5-4-8-28-14)13-29-21(24)17(16)10-22/h3-8,16H,9,11-13H2,1-2H3/t16-/m1/s1. The van der Waals surface area contributed by atoms with E-state index in [0.717, 1.165) is 16.4 Å². The number of thioether (sulfide) groups is 1. The van der Waals surface area contributed by atoms with Crippen molar-refractivity contribution >= 4 is 17.7 Å². The van der Waals surface area contributed by atoms with Crippen LogP contribution in [0.4, 0.5) is 0 Å². The molecule has 0 N–H and O–H groups in total. The topological polar surface area (TPSA) is 78.9 Å². The number of fused-ring (bicyclic) bond motifs is 1. The molecule has 2 aliphatic heterocycles. The van der Waals surface area contributed by atoms with E-state index in [2.05, 4.69) is 11.0 Å². The molecule has 0 radical (unpaired) electrons. The van der Waals surface area contributed by atoms with E-state index in [1.54, 1.807) is 31.4 Å². The molecule has 1 amide bonds. The SMILES string of the molecule is COc1cccc([C@H]2CC(=O)N3CN(Cc4ccco4)CSC3=C2C#N)c1OC. The lowest BCUT2D eigenvalue weighted by molar-refractivity contribution is -0.132. The Morgan fingerprint density at radius 1 is 1.28 bits per heavy atom. The summed E-state index contributed by atoms with van der Waals surface area (Å²) in [6.45, 7) is 1.06. The summed E-state index contributed by atoms with van der Waals surface area (Å²) in [5.41, 5.74) is 1.39. The number of rotatable bonds is 5. The van der Waals surface area contributed by atoms with Crippen molar-refractivity contribution in [2.24, 2.45) is 0 Å². The molecule has 1 atom stereocenters. The van der Waals surface area contributed by atoms with Crippen LogP contribution in [-0.2, 0) is 11.3 Å². The maximum Gasteiger partial charge on any atom is 0.229 e. The van der Waals surface area contributed by atoms with Crippen molar-refractivity contribution in [1.29, 1.82) is 5.26 Å². The third-order valence-corrected chi connectivity index (χ3v) is 6.33. The van der Waals surface area contributed by atoms with Crippen LogP contribution in [0.3, 0.4) is 0 Å². The van der Waals surface area contributed by atoms with E-state index in [0.29, 0.717) is 36.2 Å². The maximum atomic E-state index is 13.0. The lowest BCUT2D eigenvalue weighted by atomic mass is 9.85. The lowest BCUT2D eigenvalue weighted by Gasteiger charge is -2.41. The lowest BCUT2D eigenvalue weighted by Crippen LogP contribution is -2.46. The number of furan rings is 1. The number of nitrogens with zero attached hydrogens (tertiary/aromatic N) is 3. The Labute approximate surface area is 173 Å². The van der Waals surface area contributed by atoms with Crippen molar-refractivity contribution in [3.63, 3.8) is 0 Å². The van der Waals surface area contributed by atoms with E-state index in [1.807, 2.05) is 24.3 Å². The van der Waals surface area contributed by atoms with E-state index >= 15 is 0 Å². The fourth-order valence-electron chi connectivity index (χ4n) is 3.78. The summed E-state index contributed by atoms with van der Waals surface area (Å²) in [6, 6.07) is 11.7. The second-order valence-corrected chi connectivity index (χ2v) is 7.75. The summed E-state index contributed by atoms with van der Waals surface area (Å²) < 4.78 is 16.4. The van der Waals surface area contributed by atoms with Crippen molar-refractivity contribution in [2.45, 2.75) is 18.9 Å². The summed E-state index contributed by atoms with van der Waals surface area (Å²) in [7, 11) is 3.14. The van der Waals surface area contributed by atoms with Gasteiger partial charge in [0.05, 0.1) is 56.2 Å². The molecule has 1 saturated heterocycles. The van der Waals surface area contributed by atoms with Gasteiger partial charge in [-0.05, 0) is 18.2 Å². The highest BCUT2D eigenvalue weighted by atomic mass is 32.2. The second kappa shape index (κ2) is 8.23. The van der Waals surface area contributed by atoms with Crippen molar-refractivity contribution in [3.8, 4) is 17.6 Å². The first-order valence-corrected chi connectivity index (χ1v) is 10.2. The molecule has 0 saturated carbocycles. The number of hydrogen-bond donors (Lipinski definition) is 0. The van der Waals surface area contributed by atoms with E-state index in [9.17, 15) is 10.1 Å². The zero-order valence-corrected chi connectivity index (χ0v) is 17.1. The Bertz CT molecular complexity index is 980. The molecule has 2 aromatic rings. The molecule has 0 spiro atoms. The molecular weight excluding hydrogens is 390 g/mol. The van der Waals surface area contributed by atoms with Crippen LogP contribution in [0.25, 0.3) is 0 Å². The molecule has 0 bridgehead atoms. The minimum atomic E-state index is -0.354. The third kappa shape index (κ3) is 3.59. The van der Waals surface area contributed by atoms with Gasteiger partial charge in [0.2, 0.25) is 5.91 Å². The summed E-state index contributed by atoms with van der Waals surface area (Å²) in [4.78, 5) is 16.8. The molecule has 4 rings (SSSR count). The van der Waals surface area contributed by atoms with Gasteiger partial charge in [-0.25, -0.2) is 0 Å². The average Bonchev–Trinajstić information content (AvgIpc) is 3.26. The number of para-hydroxylation sites is 1. The monoisotopic (exact) mass is 411 g/mol. The van der Waals surface area contributed by atoms with Crippen LogP contribution in [0.2, 0.25) is 0 Å². The zero-order chi connectivity index (χ0) is 20.4. The van der Waals surface area contributed by atoms with E-state index in [4.69, 9.17) is 13.9 Å². The number of hydrogen-bond acceptors (Lipinski definition) is 7. The first kappa shape index (κ1) is 19.4. The van der Waals surface area contributed by atoms with E-state index in [1.165, 1.54) is 11.8 Å². The summed E-state index contributed by atoms with van der Waals surface area (Å²) in [5, 5.41) is 10.7.